The van der Waals surface area contributed by atoms with E-state index in [0.29, 0.717) is 5.02 Å². The number of hydrogen-bond donors (Lipinski definition) is 1. The molecule has 0 radical (unpaired) electrons. The average Bonchev–Trinajstić information content (AvgIpc) is 3.37. The van der Waals surface area contributed by atoms with Gasteiger partial charge < -0.3 is 10.0 Å². The topological polar surface area (TPSA) is 53.7 Å². The normalized spacial score (nSPS) is 16.4. The predicted molar refractivity (Wildman–Crippen MR) is 126 cm³/mol. The van der Waals surface area contributed by atoms with E-state index in [-0.39, 0.29) is 12.6 Å². The van der Waals surface area contributed by atoms with E-state index in [1.807, 2.05) is 35.7 Å². The fraction of sp³-hybridized carbons (Fsp3) is 0.280. The van der Waals surface area contributed by atoms with Crippen LogP contribution in [0.25, 0.3) is 28.0 Å². The summed E-state index contributed by atoms with van der Waals surface area (Å²) in [7, 11) is 0. The van der Waals surface area contributed by atoms with Crippen molar-refractivity contribution >= 4 is 23.1 Å². The van der Waals surface area contributed by atoms with Gasteiger partial charge in [-0.2, -0.15) is 5.10 Å². The zero-order chi connectivity index (χ0) is 21.5. The lowest BCUT2D eigenvalue weighted by molar-refractivity contribution is 0.266. The predicted octanol–water partition coefficient (Wildman–Crippen LogP) is 5.29. The molecule has 1 fully saturated rings. The maximum atomic E-state index is 9.90. The number of aromatic nitrogens is 3. The lowest BCUT2D eigenvalue weighted by Crippen LogP contribution is -2.32. The highest BCUT2D eigenvalue weighted by molar-refractivity contribution is 6.30. The molecule has 0 aliphatic carbocycles. The number of aliphatic hydroxyl groups excluding tert-OH is 1. The second-order valence-electron chi connectivity index (χ2n) is 8.24. The number of fused-ring (bicyclic) bond motifs is 1. The Morgan fingerprint density at radius 2 is 1.87 bits per heavy atom. The molecule has 1 aliphatic rings. The first-order valence-corrected chi connectivity index (χ1v) is 11.0. The van der Waals surface area contributed by atoms with Gasteiger partial charge in [-0.3, -0.25) is 0 Å². The Morgan fingerprint density at radius 3 is 2.61 bits per heavy atom. The molecule has 2 aromatic carbocycles. The van der Waals surface area contributed by atoms with E-state index in [0.717, 1.165) is 58.9 Å². The molecule has 3 heterocycles. The second-order valence-corrected chi connectivity index (χ2v) is 8.68. The summed E-state index contributed by atoms with van der Waals surface area (Å²) in [6.07, 6.45) is 2.03. The van der Waals surface area contributed by atoms with Gasteiger partial charge in [0.25, 0.3) is 0 Å². The summed E-state index contributed by atoms with van der Waals surface area (Å²) in [6, 6.07) is 18.5. The number of nitrogens with zero attached hydrogens (tertiary/aromatic N) is 4. The number of anilines is 1. The van der Waals surface area contributed by atoms with Crippen LogP contribution >= 0.6 is 11.6 Å². The number of hydrogen-bond acceptors (Lipinski definition) is 4. The SMILES string of the molecule is Cc1cccc(-c2cc(N3CCCC3CO)nc3c(-c4ccc(Cl)cc4)c(C)nn23)c1. The summed E-state index contributed by atoms with van der Waals surface area (Å²) in [5.74, 6) is 0.885. The summed E-state index contributed by atoms with van der Waals surface area (Å²) in [5.41, 5.74) is 7.07. The lowest BCUT2D eigenvalue weighted by Gasteiger charge is -2.25. The van der Waals surface area contributed by atoms with Crippen molar-refractivity contribution in [1.29, 1.82) is 0 Å². The summed E-state index contributed by atoms with van der Waals surface area (Å²) >= 11 is 6.13. The molecular formula is C25H25ClN4O. The number of aliphatic hydroxyl groups is 1. The van der Waals surface area contributed by atoms with Gasteiger partial charge in [0.1, 0.15) is 5.82 Å². The Labute approximate surface area is 186 Å². The van der Waals surface area contributed by atoms with E-state index >= 15 is 0 Å². The van der Waals surface area contributed by atoms with Crippen molar-refractivity contribution in [3.63, 3.8) is 0 Å². The molecule has 2 aromatic heterocycles. The van der Waals surface area contributed by atoms with Crippen LogP contribution in [0.5, 0.6) is 0 Å². The number of benzene rings is 2. The molecule has 0 bridgehead atoms. The van der Waals surface area contributed by atoms with Crippen molar-refractivity contribution < 1.29 is 5.11 Å². The minimum atomic E-state index is 0.100. The van der Waals surface area contributed by atoms with Gasteiger partial charge in [-0.05, 0) is 50.5 Å². The van der Waals surface area contributed by atoms with Gasteiger partial charge >= 0.3 is 0 Å². The van der Waals surface area contributed by atoms with Crippen molar-refractivity contribution in [2.45, 2.75) is 32.7 Å². The number of aryl methyl sites for hydroxylation is 2. The van der Waals surface area contributed by atoms with Crippen LogP contribution in [0.4, 0.5) is 5.82 Å². The molecular weight excluding hydrogens is 408 g/mol. The highest BCUT2D eigenvalue weighted by atomic mass is 35.5. The van der Waals surface area contributed by atoms with E-state index in [1.165, 1.54) is 5.56 Å². The van der Waals surface area contributed by atoms with Crippen LogP contribution in [0.2, 0.25) is 5.02 Å². The molecule has 1 aliphatic heterocycles. The van der Waals surface area contributed by atoms with E-state index in [4.69, 9.17) is 21.7 Å². The number of rotatable bonds is 4. The standard InChI is InChI=1S/C25H25ClN4O/c1-16-5-3-6-19(13-16)22-14-23(29-12-4-7-21(29)15-31)27-25-24(17(2)28-30(22)25)18-8-10-20(26)11-9-18/h3,5-6,8-11,13-14,21,31H,4,7,12,15H2,1-2H3. The van der Waals surface area contributed by atoms with Gasteiger partial charge in [0, 0.05) is 28.8 Å². The fourth-order valence-corrected chi connectivity index (χ4v) is 4.68. The van der Waals surface area contributed by atoms with Crippen LogP contribution in [0.1, 0.15) is 24.1 Å². The van der Waals surface area contributed by atoms with Gasteiger partial charge in [-0.15, -0.1) is 0 Å². The summed E-state index contributed by atoms with van der Waals surface area (Å²) < 4.78 is 1.95. The van der Waals surface area contributed by atoms with Gasteiger partial charge in [0.15, 0.2) is 5.65 Å². The second kappa shape index (κ2) is 7.98. The molecule has 0 spiro atoms. The first-order chi connectivity index (χ1) is 15.0. The lowest BCUT2D eigenvalue weighted by atomic mass is 10.1. The Kier molecular flexibility index (Phi) is 5.16. The minimum absolute atomic E-state index is 0.100. The summed E-state index contributed by atoms with van der Waals surface area (Å²) in [5, 5.41) is 15.5. The third-order valence-electron chi connectivity index (χ3n) is 6.08. The Balaban J connectivity index is 1.79. The zero-order valence-electron chi connectivity index (χ0n) is 17.7. The minimum Gasteiger partial charge on any atom is -0.394 e. The van der Waals surface area contributed by atoms with Crippen molar-refractivity contribution in [2.75, 3.05) is 18.1 Å². The smallest absolute Gasteiger partial charge is 0.166 e. The third-order valence-corrected chi connectivity index (χ3v) is 6.33. The van der Waals surface area contributed by atoms with E-state index < -0.39 is 0 Å². The van der Waals surface area contributed by atoms with Crippen LogP contribution in [0.15, 0.2) is 54.6 Å². The average molecular weight is 433 g/mol. The van der Waals surface area contributed by atoms with Crippen molar-refractivity contribution in [3.05, 3.63) is 70.9 Å². The van der Waals surface area contributed by atoms with E-state index in [9.17, 15) is 5.11 Å². The van der Waals surface area contributed by atoms with Crippen LogP contribution in [-0.2, 0) is 0 Å². The van der Waals surface area contributed by atoms with Gasteiger partial charge in [0.2, 0.25) is 0 Å². The Morgan fingerprint density at radius 1 is 1.06 bits per heavy atom. The third kappa shape index (κ3) is 3.58. The van der Waals surface area contributed by atoms with Crippen molar-refractivity contribution in [2.24, 2.45) is 0 Å². The fourth-order valence-electron chi connectivity index (χ4n) is 4.55. The van der Waals surface area contributed by atoms with E-state index in [1.54, 1.807) is 0 Å². The molecule has 5 rings (SSSR count). The molecule has 1 N–H and O–H groups in total. The molecule has 1 unspecified atom stereocenters. The number of halogens is 1. The molecule has 0 amide bonds. The van der Waals surface area contributed by atoms with Crippen molar-refractivity contribution in [1.82, 2.24) is 14.6 Å². The first-order valence-electron chi connectivity index (χ1n) is 10.7. The van der Waals surface area contributed by atoms with Crippen LogP contribution in [-0.4, -0.2) is 38.9 Å². The first kappa shape index (κ1) is 20.0. The van der Waals surface area contributed by atoms with Gasteiger partial charge in [-0.1, -0.05) is 47.5 Å². The van der Waals surface area contributed by atoms with Gasteiger partial charge in [0.05, 0.1) is 24.0 Å². The molecule has 1 saturated heterocycles. The van der Waals surface area contributed by atoms with Gasteiger partial charge in [-0.25, -0.2) is 9.50 Å². The molecule has 1 atom stereocenters. The van der Waals surface area contributed by atoms with Crippen LogP contribution in [0.3, 0.4) is 0 Å². The maximum absolute atomic E-state index is 9.90. The summed E-state index contributed by atoms with van der Waals surface area (Å²) in [4.78, 5) is 7.30. The molecule has 0 saturated carbocycles. The molecule has 6 heteroatoms. The Hall–Kier alpha value is -2.89. The maximum Gasteiger partial charge on any atom is 0.166 e. The quantitative estimate of drug-likeness (QED) is 0.475. The summed E-state index contributed by atoms with van der Waals surface area (Å²) in [6.45, 7) is 5.14. The molecule has 5 nitrogen and oxygen atoms in total. The van der Waals surface area contributed by atoms with E-state index in [2.05, 4.69) is 42.2 Å². The van der Waals surface area contributed by atoms with Crippen molar-refractivity contribution in [3.8, 4) is 22.4 Å². The van der Waals surface area contributed by atoms with Crippen LogP contribution in [0, 0.1) is 13.8 Å². The monoisotopic (exact) mass is 432 g/mol. The van der Waals surface area contributed by atoms with Crippen LogP contribution < -0.4 is 4.90 Å². The molecule has 4 aromatic rings. The zero-order valence-corrected chi connectivity index (χ0v) is 18.5. The molecule has 31 heavy (non-hydrogen) atoms. The highest BCUT2D eigenvalue weighted by Gasteiger charge is 2.27. The Bertz CT molecular complexity index is 1250. The molecule has 158 valence electrons. The largest absolute Gasteiger partial charge is 0.394 e. The highest BCUT2D eigenvalue weighted by Crippen LogP contribution is 2.35.